The van der Waals surface area contributed by atoms with Crippen LogP contribution in [0.3, 0.4) is 0 Å². The lowest BCUT2D eigenvalue weighted by atomic mass is 10.1. The van der Waals surface area contributed by atoms with Crippen LogP contribution in [-0.2, 0) is 4.79 Å². The van der Waals surface area contributed by atoms with Gasteiger partial charge >= 0.3 is 0 Å². The van der Waals surface area contributed by atoms with E-state index in [0.29, 0.717) is 11.6 Å². The van der Waals surface area contributed by atoms with Crippen molar-refractivity contribution in [1.82, 2.24) is 4.90 Å². The zero-order chi connectivity index (χ0) is 14.4. The molecule has 1 N–H and O–H groups in total. The molecule has 3 rings (SSSR count). The van der Waals surface area contributed by atoms with E-state index >= 15 is 0 Å². The molecule has 0 bridgehead atoms. The van der Waals surface area contributed by atoms with Crippen molar-refractivity contribution >= 4 is 28.2 Å². The van der Waals surface area contributed by atoms with Crippen molar-refractivity contribution in [3.05, 3.63) is 16.0 Å². The highest BCUT2D eigenvalue weighted by Gasteiger charge is 2.34. The minimum Gasteiger partial charge on any atom is -0.339 e. The minimum absolute atomic E-state index is 0.0421. The first-order valence-electron chi connectivity index (χ1n) is 7.17. The molecule has 2 aliphatic carbocycles. The number of nitrogens with zero attached hydrogens (tertiary/aromatic N) is 1. The average molecular weight is 292 g/mol. The van der Waals surface area contributed by atoms with Gasteiger partial charge in [0.25, 0.3) is 5.91 Å². The number of thiophene rings is 1. The highest BCUT2D eigenvalue weighted by Crippen LogP contribution is 2.37. The van der Waals surface area contributed by atoms with E-state index in [1.807, 2.05) is 25.8 Å². The molecule has 0 atom stereocenters. The Morgan fingerprint density at radius 1 is 1.20 bits per heavy atom. The van der Waals surface area contributed by atoms with Crippen molar-refractivity contribution in [2.45, 2.75) is 45.6 Å². The zero-order valence-corrected chi connectivity index (χ0v) is 13.0. The van der Waals surface area contributed by atoms with Crippen molar-refractivity contribution in [1.29, 1.82) is 0 Å². The van der Waals surface area contributed by atoms with E-state index in [2.05, 4.69) is 5.32 Å². The third-order valence-electron chi connectivity index (χ3n) is 4.20. The van der Waals surface area contributed by atoms with Crippen molar-refractivity contribution in [3.8, 4) is 0 Å². The molecule has 108 valence electrons. The first-order chi connectivity index (χ1) is 9.49. The van der Waals surface area contributed by atoms with Crippen LogP contribution >= 0.6 is 11.3 Å². The maximum absolute atomic E-state index is 12.6. The molecule has 5 heteroatoms. The summed E-state index contributed by atoms with van der Waals surface area (Å²) >= 11 is 1.51. The van der Waals surface area contributed by atoms with Gasteiger partial charge in [-0.05, 0) is 45.1 Å². The van der Waals surface area contributed by atoms with Gasteiger partial charge in [0.2, 0.25) is 5.91 Å². The van der Waals surface area contributed by atoms with Gasteiger partial charge in [0, 0.05) is 23.9 Å². The van der Waals surface area contributed by atoms with E-state index in [0.717, 1.165) is 41.1 Å². The molecular weight excluding hydrogens is 272 g/mol. The second-order valence-electron chi connectivity index (χ2n) is 5.90. The molecule has 2 amide bonds. The van der Waals surface area contributed by atoms with Crippen LogP contribution in [0.4, 0.5) is 5.00 Å². The number of nitrogens with one attached hydrogen (secondary N) is 1. The van der Waals surface area contributed by atoms with Crippen molar-refractivity contribution in [2.75, 3.05) is 12.4 Å². The summed E-state index contributed by atoms with van der Waals surface area (Å²) in [5, 5.41) is 3.69. The number of carbonyl (C=O) groups excluding carboxylic acids is 2. The fraction of sp³-hybridized carbons (Fsp3) is 0.600. The van der Waals surface area contributed by atoms with E-state index in [1.165, 1.54) is 11.3 Å². The molecule has 20 heavy (non-hydrogen) atoms. The largest absolute Gasteiger partial charge is 0.339 e. The van der Waals surface area contributed by atoms with Crippen LogP contribution in [0.2, 0.25) is 0 Å². The monoisotopic (exact) mass is 292 g/mol. The lowest BCUT2D eigenvalue weighted by Gasteiger charge is -2.17. The fourth-order valence-electron chi connectivity index (χ4n) is 2.34. The molecule has 0 aliphatic heterocycles. The highest BCUT2D eigenvalue weighted by atomic mass is 32.1. The molecular formula is C15H20N2O2S. The van der Waals surface area contributed by atoms with Gasteiger partial charge in [-0.25, -0.2) is 0 Å². The Bertz CT molecular complexity index is 571. The summed E-state index contributed by atoms with van der Waals surface area (Å²) in [6, 6.07) is 0.383. The highest BCUT2D eigenvalue weighted by molar-refractivity contribution is 7.16. The van der Waals surface area contributed by atoms with Gasteiger partial charge in [0.1, 0.15) is 5.00 Å². The van der Waals surface area contributed by atoms with E-state index in [4.69, 9.17) is 0 Å². The van der Waals surface area contributed by atoms with Gasteiger partial charge in [-0.1, -0.05) is 0 Å². The Kier molecular flexibility index (Phi) is 3.32. The summed E-state index contributed by atoms with van der Waals surface area (Å²) in [7, 11) is 1.86. The second-order valence-corrected chi connectivity index (χ2v) is 7.12. The Labute approximate surface area is 123 Å². The lowest BCUT2D eigenvalue weighted by Crippen LogP contribution is -2.30. The van der Waals surface area contributed by atoms with Crippen molar-refractivity contribution in [2.24, 2.45) is 5.92 Å². The summed E-state index contributed by atoms with van der Waals surface area (Å²) in [6.07, 6.45) is 4.13. The number of hydrogen-bond acceptors (Lipinski definition) is 3. The smallest absolute Gasteiger partial charge is 0.257 e. The van der Waals surface area contributed by atoms with Gasteiger partial charge in [-0.3, -0.25) is 9.59 Å². The third kappa shape index (κ3) is 2.46. The van der Waals surface area contributed by atoms with Crippen LogP contribution in [0.1, 0.15) is 46.5 Å². The van der Waals surface area contributed by atoms with Crippen LogP contribution in [0.5, 0.6) is 0 Å². The average Bonchev–Trinajstić information content (AvgIpc) is 3.29. The molecule has 4 nitrogen and oxygen atoms in total. The standard InChI is InChI=1S/C15H20N2O2S/c1-8-9(2)20-14(16-13(18)10-4-5-10)12(8)15(19)17(3)11-6-7-11/h10-11H,4-7H2,1-3H3,(H,16,18). The number of hydrogen-bond donors (Lipinski definition) is 1. The summed E-state index contributed by atoms with van der Waals surface area (Å²) in [4.78, 5) is 27.5. The van der Waals surface area contributed by atoms with Gasteiger partial charge < -0.3 is 10.2 Å². The summed E-state index contributed by atoms with van der Waals surface area (Å²) < 4.78 is 0. The molecule has 0 saturated heterocycles. The number of carbonyl (C=O) groups is 2. The Balaban J connectivity index is 1.87. The second kappa shape index (κ2) is 4.88. The van der Waals surface area contributed by atoms with Crippen molar-refractivity contribution in [3.63, 3.8) is 0 Å². The van der Waals surface area contributed by atoms with Gasteiger partial charge in [-0.2, -0.15) is 0 Å². The number of anilines is 1. The molecule has 1 aromatic rings. The molecule has 0 radical (unpaired) electrons. The normalized spacial score (nSPS) is 17.9. The van der Waals surface area contributed by atoms with Gasteiger partial charge in [0.15, 0.2) is 0 Å². The summed E-state index contributed by atoms with van der Waals surface area (Å²) in [6.45, 7) is 3.97. The summed E-state index contributed by atoms with van der Waals surface area (Å²) in [5.74, 6) is 0.261. The van der Waals surface area contributed by atoms with Gasteiger partial charge in [0.05, 0.1) is 5.56 Å². The van der Waals surface area contributed by atoms with Crippen molar-refractivity contribution < 1.29 is 9.59 Å². The quantitative estimate of drug-likeness (QED) is 0.927. The van der Waals surface area contributed by atoms with Crippen LogP contribution in [-0.4, -0.2) is 29.8 Å². The maximum Gasteiger partial charge on any atom is 0.257 e. The number of rotatable bonds is 4. The predicted octanol–water partition coefficient (Wildman–Crippen LogP) is 2.95. The lowest BCUT2D eigenvalue weighted by molar-refractivity contribution is -0.117. The molecule has 2 fully saturated rings. The number of aryl methyl sites for hydroxylation is 1. The maximum atomic E-state index is 12.6. The van der Waals surface area contributed by atoms with E-state index in [-0.39, 0.29) is 17.7 Å². The molecule has 1 aromatic heterocycles. The van der Waals surface area contributed by atoms with E-state index in [9.17, 15) is 9.59 Å². The SMILES string of the molecule is Cc1sc(NC(=O)C2CC2)c(C(=O)N(C)C2CC2)c1C. The predicted molar refractivity (Wildman–Crippen MR) is 80.3 cm³/mol. The Morgan fingerprint density at radius 2 is 1.85 bits per heavy atom. The first kappa shape index (κ1) is 13.6. The molecule has 1 heterocycles. The molecule has 0 unspecified atom stereocenters. The van der Waals surface area contributed by atoms with E-state index in [1.54, 1.807) is 0 Å². The van der Waals surface area contributed by atoms with Crippen LogP contribution in [0, 0.1) is 19.8 Å². The van der Waals surface area contributed by atoms with Crippen LogP contribution in [0.15, 0.2) is 0 Å². The summed E-state index contributed by atoms with van der Waals surface area (Å²) in [5.41, 5.74) is 1.69. The van der Waals surface area contributed by atoms with Gasteiger partial charge in [-0.15, -0.1) is 11.3 Å². The zero-order valence-electron chi connectivity index (χ0n) is 12.2. The minimum atomic E-state index is 0.0421. The van der Waals surface area contributed by atoms with E-state index < -0.39 is 0 Å². The van der Waals surface area contributed by atoms with Crippen LogP contribution < -0.4 is 5.32 Å². The third-order valence-corrected chi connectivity index (χ3v) is 5.32. The molecule has 2 saturated carbocycles. The molecule has 0 aromatic carbocycles. The van der Waals surface area contributed by atoms with Crippen LogP contribution in [0.25, 0.3) is 0 Å². The molecule has 2 aliphatic rings. The number of amides is 2. The fourth-order valence-corrected chi connectivity index (χ4v) is 3.39. The Morgan fingerprint density at radius 3 is 2.40 bits per heavy atom. The Hall–Kier alpha value is -1.36. The topological polar surface area (TPSA) is 49.4 Å². The molecule has 0 spiro atoms. The first-order valence-corrected chi connectivity index (χ1v) is 7.98.